The fourth-order valence-electron chi connectivity index (χ4n) is 1.25. The van der Waals surface area contributed by atoms with Crippen LogP contribution in [-0.4, -0.2) is 28.8 Å². The Balaban J connectivity index is 2.47. The first-order valence-corrected chi connectivity index (χ1v) is 5.74. The molecule has 0 radical (unpaired) electrons. The van der Waals surface area contributed by atoms with Crippen molar-refractivity contribution in [3.63, 3.8) is 0 Å². The summed E-state index contributed by atoms with van der Waals surface area (Å²) in [5.41, 5.74) is 0.607. The molecule has 0 aliphatic carbocycles. The monoisotopic (exact) mass is 274 g/mol. The molecule has 0 bridgehead atoms. The van der Waals surface area contributed by atoms with Gasteiger partial charge < -0.3 is 4.74 Å². The predicted octanol–water partition coefficient (Wildman–Crippen LogP) is 2.18. The molecule has 1 rings (SSSR count). The summed E-state index contributed by atoms with van der Waals surface area (Å²) in [4.78, 5) is 11.7. The third kappa shape index (κ3) is 3.43. The molecule has 1 aromatic rings. The van der Waals surface area contributed by atoms with Gasteiger partial charge in [0.05, 0.1) is 17.3 Å². The highest BCUT2D eigenvalue weighted by Gasteiger charge is 2.14. The highest BCUT2D eigenvalue weighted by atomic mass is 79.9. The second-order valence-corrected chi connectivity index (χ2v) is 4.10. The van der Waals surface area contributed by atoms with Crippen molar-refractivity contribution in [1.29, 1.82) is 0 Å². The van der Waals surface area contributed by atoms with Crippen molar-refractivity contribution < 1.29 is 9.53 Å². The topological polar surface area (TPSA) is 44.1 Å². The Morgan fingerprint density at radius 2 is 2.33 bits per heavy atom. The van der Waals surface area contributed by atoms with Crippen molar-refractivity contribution in [2.24, 2.45) is 7.05 Å². The number of rotatable bonds is 6. The van der Waals surface area contributed by atoms with Crippen LogP contribution in [-0.2, 0) is 11.8 Å². The lowest BCUT2D eigenvalue weighted by Gasteiger charge is -2.03. The lowest BCUT2D eigenvalue weighted by atomic mass is 10.2. The van der Waals surface area contributed by atoms with Gasteiger partial charge >= 0.3 is 0 Å². The lowest BCUT2D eigenvalue weighted by molar-refractivity contribution is 0.0869. The van der Waals surface area contributed by atoms with Crippen LogP contribution in [0.4, 0.5) is 0 Å². The molecule has 84 valence electrons. The van der Waals surface area contributed by atoms with Crippen LogP contribution >= 0.6 is 15.9 Å². The molecule has 0 atom stereocenters. The molecule has 5 heteroatoms. The molecular weight excluding hydrogens is 260 g/mol. The Morgan fingerprint density at radius 3 is 2.87 bits per heavy atom. The van der Waals surface area contributed by atoms with Gasteiger partial charge in [-0.3, -0.25) is 9.48 Å². The summed E-state index contributed by atoms with van der Waals surface area (Å²) in [5, 5.41) is 3.99. The molecule has 0 saturated heterocycles. The lowest BCUT2D eigenvalue weighted by Crippen LogP contribution is -2.10. The van der Waals surface area contributed by atoms with E-state index in [0.29, 0.717) is 25.3 Å². The molecule has 1 aromatic heterocycles. The molecule has 0 saturated carbocycles. The summed E-state index contributed by atoms with van der Waals surface area (Å²) in [6.45, 7) is 3.23. The zero-order chi connectivity index (χ0) is 11.3. The largest absolute Gasteiger partial charge is 0.381 e. The van der Waals surface area contributed by atoms with E-state index in [2.05, 4.69) is 21.0 Å². The minimum Gasteiger partial charge on any atom is -0.381 e. The van der Waals surface area contributed by atoms with Crippen molar-refractivity contribution >= 4 is 21.7 Å². The second kappa shape index (κ2) is 6.02. The first-order valence-electron chi connectivity index (χ1n) is 4.95. The Hall–Kier alpha value is -0.680. The number of halogens is 1. The van der Waals surface area contributed by atoms with E-state index in [-0.39, 0.29) is 5.78 Å². The Kier molecular flexibility index (Phi) is 4.98. The van der Waals surface area contributed by atoms with Gasteiger partial charge in [-0.15, -0.1) is 0 Å². The molecule has 1 heterocycles. The van der Waals surface area contributed by atoms with Crippen LogP contribution in [0.25, 0.3) is 0 Å². The van der Waals surface area contributed by atoms with Gasteiger partial charge in [-0.05, 0) is 22.4 Å². The van der Waals surface area contributed by atoms with Crippen LogP contribution in [0.5, 0.6) is 0 Å². The van der Waals surface area contributed by atoms with Crippen LogP contribution < -0.4 is 0 Å². The molecule has 0 N–H and O–H groups in total. The summed E-state index contributed by atoms with van der Waals surface area (Å²) < 4.78 is 7.58. The average molecular weight is 275 g/mol. The van der Waals surface area contributed by atoms with Crippen LogP contribution in [0.3, 0.4) is 0 Å². The van der Waals surface area contributed by atoms with Crippen molar-refractivity contribution in [2.45, 2.75) is 19.8 Å². The number of aryl methyl sites for hydroxylation is 1. The number of ketones is 1. The molecule has 15 heavy (non-hydrogen) atoms. The molecule has 0 aliphatic heterocycles. The minimum atomic E-state index is 0.0537. The molecule has 0 amide bonds. The van der Waals surface area contributed by atoms with E-state index in [4.69, 9.17) is 4.74 Å². The van der Waals surface area contributed by atoms with Gasteiger partial charge in [-0.1, -0.05) is 6.92 Å². The third-order valence-electron chi connectivity index (χ3n) is 1.98. The Bertz CT molecular complexity index is 317. The van der Waals surface area contributed by atoms with Crippen molar-refractivity contribution in [3.8, 4) is 0 Å². The van der Waals surface area contributed by atoms with Crippen molar-refractivity contribution in [3.05, 3.63) is 16.4 Å². The number of aromatic nitrogens is 2. The summed E-state index contributed by atoms with van der Waals surface area (Å²) in [6.07, 6.45) is 3.00. The molecule has 0 fully saturated rings. The fraction of sp³-hybridized carbons (Fsp3) is 0.600. The van der Waals surface area contributed by atoms with E-state index >= 15 is 0 Å². The summed E-state index contributed by atoms with van der Waals surface area (Å²) in [6, 6.07) is 0. The van der Waals surface area contributed by atoms with Crippen molar-refractivity contribution in [2.75, 3.05) is 13.2 Å². The Morgan fingerprint density at radius 1 is 1.60 bits per heavy atom. The molecule has 0 unspecified atom stereocenters. The molecule has 4 nitrogen and oxygen atoms in total. The van der Waals surface area contributed by atoms with E-state index in [9.17, 15) is 4.79 Å². The maximum absolute atomic E-state index is 11.7. The van der Waals surface area contributed by atoms with Crippen LogP contribution in [0.1, 0.15) is 30.3 Å². The molecule has 0 spiro atoms. The minimum absolute atomic E-state index is 0.0537. The second-order valence-electron chi connectivity index (χ2n) is 3.25. The Labute approximate surface area is 97.7 Å². The fourth-order valence-corrected chi connectivity index (χ4v) is 1.82. The highest BCUT2D eigenvalue weighted by molar-refractivity contribution is 9.10. The number of carbonyl (C=O) groups excluding carboxylic acids is 1. The van der Waals surface area contributed by atoms with Gasteiger partial charge in [-0.2, -0.15) is 5.10 Å². The maximum Gasteiger partial charge on any atom is 0.184 e. The smallest absolute Gasteiger partial charge is 0.184 e. The van der Waals surface area contributed by atoms with Gasteiger partial charge in [0.15, 0.2) is 5.78 Å². The van der Waals surface area contributed by atoms with E-state index in [1.807, 2.05) is 6.92 Å². The average Bonchev–Trinajstić information content (AvgIpc) is 2.53. The van der Waals surface area contributed by atoms with Crippen LogP contribution in [0.15, 0.2) is 10.7 Å². The zero-order valence-electron chi connectivity index (χ0n) is 8.99. The number of nitrogens with zero attached hydrogens (tertiary/aromatic N) is 2. The number of hydrogen-bond donors (Lipinski definition) is 0. The predicted molar refractivity (Wildman–Crippen MR) is 61.0 cm³/mol. The molecule has 0 aliphatic rings. The van der Waals surface area contributed by atoms with E-state index < -0.39 is 0 Å². The van der Waals surface area contributed by atoms with E-state index in [1.54, 1.807) is 17.9 Å². The summed E-state index contributed by atoms with van der Waals surface area (Å²) in [7, 11) is 1.75. The quantitative estimate of drug-likeness (QED) is 0.590. The van der Waals surface area contributed by atoms with Gasteiger partial charge in [0.25, 0.3) is 0 Å². The van der Waals surface area contributed by atoms with E-state index in [1.165, 1.54) is 0 Å². The standard InChI is InChI=1S/C10H15BrN2O2/c1-3-5-15-6-4-9(14)10-8(11)7-12-13(10)2/h7H,3-6H2,1-2H3. The van der Waals surface area contributed by atoms with Gasteiger partial charge in [-0.25, -0.2) is 0 Å². The number of Topliss-reactive ketones (excluding diaryl/α,β-unsaturated/α-hetero) is 1. The van der Waals surface area contributed by atoms with Crippen LogP contribution in [0.2, 0.25) is 0 Å². The highest BCUT2D eigenvalue weighted by Crippen LogP contribution is 2.16. The van der Waals surface area contributed by atoms with Gasteiger partial charge in [0.1, 0.15) is 5.69 Å². The van der Waals surface area contributed by atoms with Crippen LogP contribution in [0, 0.1) is 0 Å². The molecule has 0 aromatic carbocycles. The van der Waals surface area contributed by atoms with Gasteiger partial charge in [0, 0.05) is 20.1 Å². The number of hydrogen-bond acceptors (Lipinski definition) is 3. The first-order chi connectivity index (χ1) is 7.16. The van der Waals surface area contributed by atoms with E-state index in [0.717, 1.165) is 10.9 Å². The third-order valence-corrected chi connectivity index (χ3v) is 2.56. The summed E-state index contributed by atoms with van der Waals surface area (Å²) >= 11 is 3.30. The zero-order valence-corrected chi connectivity index (χ0v) is 10.6. The number of carbonyl (C=O) groups is 1. The SMILES string of the molecule is CCCOCCC(=O)c1c(Br)cnn1C. The summed E-state index contributed by atoms with van der Waals surface area (Å²) in [5.74, 6) is 0.0537. The van der Waals surface area contributed by atoms with Gasteiger partial charge in [0.2, 0.25) is 0 Å². The normalized spacial score (nSPS) is 10.6. The maximum atomic E-state index is 11.7. The molecular formula is C10H15BrN2O2. The van der Waals surface area contributed by atoms with Crippen molar-refractivity contribution in [1.82, 2.24) is 9.78 Å². The number of ether oxygens (including phenoxy) is 1. The first kappa shape index (κ1) is 12.4.